The van der Waals surface area contributed by atoms with E-state index in [1.54, 1.807) is 33.5 Å². The third-order valence-electron chi connectivity index (χ3n) is 5.22. The number of methoxy groups -OCH3 is 3. The number of amides is 1. The average Bonchev–Trinajstić information content (AvgIpc) is 3.20. The molecule has 0 saturated carbocycles. The van der Waals surface area contributed by atoms with Crippen LogP contribution in [-0.4, -0.2) is 47.9 Å². The largest absolute Gasteiger partial charge is 0.493 e. The number of thioether (sulfide) groups is 1. The van der Waals surface area contributed by atoms with E-state index in [0.29, 0.717) is 34.8 Å². The molecule has 9 nitrogen and oxygen atoms in total. The third-order valence-corrected chi connectivity index (χ3v) is 6.16. The zero-order chi connectivity index (χ0) is 24.9. The number of nitrogen functional groups attached to an aromatic ring is 1. The molecule has 182 valence electrons. The maximum atomic E-state index is 12.4. The highest BCUT2D eigenvalue weighted by atomic mass is 32.2. The van der Waals surface area contributed by atoms with Gasteiger partial charge in [0.25, 0.3) is 0 Å². The van der Waals surface area contributed by atoms with Crippen LogP contribution in [0.15, 0.2) is 41.6 Å². The average molecular weight is 486 g/mol. The molecule has 0 unspecified atom stereocenters. The van der Waals surface area contributed by atoms with Crippen molar-refractivity contribution in [2.45, 2.75) is 37.9 Å². The van der Waals surface area contributed by atoms with Crippen molar-refractivity contribution >= 4 is 17.7 Å². The molecule has 3 N–H and O–H groups in total. The zero-order valence-electron chi connectivity index (χ0n) is 20.3. The predicted octanol–water partition coefficient (Wildman–Crippen LogP) is 3.39. The maximum absolute atomic E-state index is 12.4. The Morgan fingerprint density at radius 3 is 2.18 bits per heavy atom. The Labute approximate surface area is 204 Å². The number of nitrogens with zero attached hydrogens (tertiary/aromatic N) is 3. The summed E-state index contributed by atoms with van der Waals surface area (Å²) < 4.78 is 17.4. The first kappa shape index (κ1) is 25.2. The van der Waals surface area contributed by atoms with Gasteiger partial charge >= 0.3 is 0 Å². The second-order valence-electron chi connectivity index (χ2n) is 8.60. The van der Waals surface area contributed by atoms with E-state index in [0.717, 1.165) is 11.1 Å². The van der Waals surface area contributed by atoms with Crippen LogP contribution in [0.1, 0.15) is 31.9 Å². The van der Waals surface area contributed by atoms with Crippen LogP contribution in [0.25, 0.3) is 11.4 Å². The van der Waals surface area contributed by atoms with Gasteiger partial charge in [0.2, 0.25) is 16.8 Å². The Kier molecular flexibility index (Phi) is 7.93. The number of nitrogens with two attached hydrogens (primary N) is 1. The summed E-state index contributed by atoms with van der Waals surface area (Å²) in [5.74, 6) is 8.27. The fourth-order valence-corrected chi connectivity index (χ4v) is 4.00. The van der Waals surface area contributed by atoms with Gasteiger partial charge in [-0.15, -0.1) is 10.2 Å². The van der Waals surface area contributed by atoms with E-state index in [9.17, 15) is 4.79 Å². The molecule has 0 spiro atoms. The molecule has 2 aromatic carbocycles. The van der Waals surface area contributed by atoms with Crippen molar-refractivity contribution < 1.29 is 19.0 Å². The van der Waals surface area contributed by atoms with Crippen molar-refractivity contribution in [3.63, 3.8) is 0 Å². The second kappa shape index (κ2) is 10.7. The minimum atomic E-state index is -0.169. The van der Waals surface area contributed by atoms with E-state index in [1.165, 1.54) is 22.0 Å². The van der Waals surface area contributed by atoms with E-state index >= 15 is 0 Å². The molecule has 0 aliphatic rings. The lowest BCUT2D eigenvalue weighted by Gasteiger charge is -2.19. The van der Waals surface area contributed by atoms with Gasteiger partial charge in [0.15, 0.2) is 17.3 Å². The van der Waals surface area contributed by atoms with Crippen molar-refractivity contribution in [1.82, 2.24) is 20.2 Å². The summed E-state index contributed by atoms with van der Waals surface area (Å²) in [4.78, 5) is 12.4. The number of aromatic nitrogens is 3. The van der Waals surface area contributed by atoms with Gasteiger partial charge in [0, 0.05) is 12.1 Å². The zero-order valence-corrected chi connectivity index (χ0v) is 21.2. The molecule has 0 saturated heterocycles. The Bertz CT molecular complexity index is 1110. The molecule has 1 heterocycles. The predicted molar refractivity (Wildman–Crippen MR) is 133 cm³/mol. The van der Waals surface area contributed by atoms with Gasteiger partial charge < -0.3 is 25.4 Å². The molecular weight excluding hydrogens is 454 g/mol. The molecule has 10 heteroatoms. The van der Waals surface area contributed by atoms with Crippen LogP contribution < -0.4 is 25.4 Å². The Morgan fingerprint density at radius 1 is 1.03 bits per heavy atom. The number of benzene rings is 2. The highest BCUT2D eigenvalue weighted by molar-refractivity contribution is 7.99. The van der Waals surface area contributed by atoms with Crippen LogP contribution in [0.4, 0.5) is 0 Å². The Balaban J connectivity index is 1.60. The molecule has 0 radical (unpaired) electrons. The summed E-state index contributed by atoms with van der Waals surface area (Å²) in [6.45, 7) is 6.79. The molecule has 0 atom stereocenters. The van der Waals surface area contributed by atoms with Crippen LogP contribution in [0.3, 0.4) is 0 Å². The van der Waals surface area contributed by atoms with Gasteiger partial charge in [-0.3, -0.25) is 4.79 Å². The van der Waals surface area contributed by atoms with Crippen LogP contribution in [-0.2, 0) is 16.8 Å². The monoisotopic (exact) mass is 485 g/mol. The topological polar surface area (TPSA) is 114 Å². The van der Waals surface area contributed by atoms with E-state index in [4.69, 9.17) is 20.1 Å². The van der Waals surface area contributed by atoms with E-state index in [2.05, 4.69) is 48.4 Å². The lowest BCUT2D eigenvalue weighted by Crippen LogP contribution is -2.25. The number of hydrogen-bond donors (Lipinski definition) is 2. The molecule has 0 bridgehead atoms. The SMILES string of the molecule is COc1cc(CNC(=O)CSc2nnc(-c3ccc(C(C)(C)C)cc3)n2N)cc(OC)c1OC. The van der Waals surface area contributed by atoms with Crippen molar-refractivity contribution in [3.8, 4) is 28.6 Å². The van der Waals surface area contributed by atoms with Crippen LogP contribution >= 0.6 is 11.8 Å². The highest BCUT2D eigenvalue weighted by Crippen LogP contribution is 2.38. The summed E-state index contributed by atoms with van der Waals surface area (Å²) in [5.41, 5.74) is 2.96. The molecule has 0 aliphatic carbocycles. The fraction of sp³-hybridized carbons (Fsp3) is 0.375. The number of nitrogens with one attached hydrogen (secondary N) is 1. The van der Waals surface area contributed by atoms with Gasteiger partial charge in [0.1, 0.15) is 0 Å². The molecular formula is C24H31N5O4S. The molecule has 1 aromatic heterocycles. The van der Waals surface area contributed by atoms with Crippen molar-refractivity contribution in [1.29, 1.82) is 0 Å². The minimum Gasteiger partial charge on any atom is -0.493 e. The lowest BCUT2D eigenvalue weighted by atomic mass is 9.87. The summed E-state index contributed by atoms with van der Waals surface area (Å²) in [5, 5.41) is 11.7. The fourth-order valence-electron chi connectivity index (χ4n) is 3.31. The molecule has 3 rings (SSSR count). The van der Waals surface area contributed by atoms with E-state index < -0.39 is 0 Å². The Hall–Kier alpha value is -3.40. The maximum Gasteiger partial charge on any atom is 0.230 e. The summed E-state index contributed by atoms with van der Waals surface area (Å²) >= 11 is 1.22. The molecule has 0 fully saturated rings. The van der Waals surface area contributed by atoms with Crippen LogP contribution in [0.5, 0.6) is 17.2 Å². The van der Waals surface area contributed by atoms with Crippen molar-refractivity contribution in [3.05, 3.63) is 47.5 Å². The first-order valence-electron chi connectivity index (χ1n) is 10.7. The van der Waals surface area contributed by atoms with Gasteiger partial charge in [-0.1, -0.05) is 56.8 Å². The first-order chi connectivity index (χ1) is 16.2. The van der Waals surface area contributed by atoms with E-state index in [1.807, 2.05) is 12.1 Å². The smallest absolute Gasteiger partial charge is 0.230 e. The van der Waals surface area contributed by atoms with Crippen molar-refractivity contribution in [2.24, 2.45) is 0 Å². The summed E-state index contributed by atoms with van der Waals surface area (Å²) in [6.07, 6.45) is 0. The molecule has 3 aromatic rings. The van der Waals surface area contributed by atoms with Crippen molar-refractivity contribution in [2.75, 3.05) is 32.9 Å². The summed E-state index contributed by atoms with van der Waals surface area (Å²) in [7, 11) is 4.64. The standard InChI is InChI=1S/C24H31N5O4S/c1-24(2,3)17-9-7-16(8-10-17)22-27-28-23(29(22)25)34-14-20(30)26-13-15-11-18(31-4)21(33-6)19(12-15)32-5/h7-12H,13-14,25H2,1-6H3,(H,26,30). The normalized spacial score (nSPS) is 11.2. The quantitative estimate of drug-likeness (QED) is 0.350. The highest BCUT2D eigenvalue weighted by Gasteiger charge is 2.17. The number of carbonyl (C=O) groups is 1. The second-order valence-corrected chi connectivity index (χ2v) is 9.55. The molecule has 34 heavy (non-hydrogen) atoms. The minimum absolute atomic E-state index is 0.0609. The third kappa shape index (κ3) is 5.74. The van der Waals surface area contributed by atoms with Gasteiger partial charge in [0.05, 0.1) is 27.1 Å². The summed E-state index contributed by atoms with van der Waals surface area (Å²) in [6, 6.07) is 11.7. The van der Waals surface area contributed by atoms with Crippen LogP contribution in [0, 0.1) is 0 Å². The van der Waals surface area contributed by atoms with Gasteiger partial charge in [-0.25, -0.2) is 4.68 Å². The lowest BCUT2D eigenvalue weighted by molar-refractivity contribution is -0.118. The first-order valence-corrected chi connectivity index (χ1v) is 11.7. The number of rotatable bonds is 9. The number of carbonyl (C=O) groups excluding carboxylic acids is 1. The molecule has 1 amide bonds. The Morgan fingerprint density at radius 2 is 1.65 bits per heavy atom. The van der Waals surface area contributed by atoms with Crippen LogP contribution in [0.2, 0.25) is 0 Å². The molecule has 0 aliphatic heterocycles. The number of hydrogen-bond acceptors (Lipinski definition) is 8. The van der Waals surface area contributed by atoms with E-state index in [-0.39, 0.29) is 17.1 Å². The van der Waals surface area contributed by atoms with Gasteiger partial charge in [-0.05, 0) is 28.7 Å². The van der Waals surface area contributed by atoms with Gasteiger partial charge in [-0.2, -0.15) is 0 Å². The number of ether oxygens (including phenoxy) is 3.